The summed E-state index contributed by atoms with van der Waals surface area (Å²) in [5.41, 5.74) is 2.79. The molecular weight excluding hydrogens is 720 g/mol. The van der Waals surface area contributed by atoms with E-state index in [1.165, 1.54) is 0 Å². The predicted octanol–water partition coefficient (Wildman–Crippen LogP) is 10.6. The van der Waals surface area contributed by atoms with E-state index in [-0.39, 0.29) is 27.9 Å². The van der Waals surface area contributed by atoms with Gasteiger partial charge in [-0.05, 0) is 43.5 Å². The van der Waals surface area contributed by atoms with E-state index in [1.807, 2.05) is 50.5 Å². The zero-order valence-electron chi connectivity index (χ0n) is 29.4. The van der Waals surface area contributed by atoms with Crippen LogP contribution in [-0.2, 0) is 11.1 Å². The smallest absolute Gasteiger partial charge is 0.212 e. The molecule has 0 saturated carbocycles. The molecule has 0 N–H and O–H groups in total. The molecule has 3 nitrogen and oxygen atoms in total. The van der Waals surface area contributed by atoms with E-state index in [9.17, 15) is 4.39 Å². The summed E-state index contributed by atoms with van der Waals surface area (Å²) in [4.78, 5) is 4.09. The molecule has 264 valence electrons. The molecule has 3 aliphatic heterocycles. The summed E-state index contributed by atoms with van der Waals surface area (Å²) in [6.07, 6.45) is 0. The van der Waals surface area contributed by atoms with Crippen LogP contribution < -0.4 is 24.8 Å². The fourth-order valence-corrected chi connectivity index (χ4v) is 11.4. The summed E-state index contributed by atoms with van der Waals surface area (Å²) in [5, 5.41) is 3.24. The Labute approximate surface area is 309 Å². The molecule has 5 aromatic carbocycles. The van der Waals surface area contributed by atoms with E-state index in [0.29, 0.717) is 0 Å². The van der Waals surface area contributed by atoms with Crippen LogP contribution >= 0.6 is 22.7 Å². The van der Waals surface area contributed by atoms with Gasteiger partial charge in [-0.15, -0.1) is 22.7 Å². The summed E-state index contributed by atoms with van der Waals surface area (Å²) in [6.45, 7) is 8.56. The number of nitrogens with zero attached hydrogens (tertiary/aromatic N) is 2. The first-order chi connectivity index (χ1) is 25.2. The molecule has 10 rings (SSSR count). The van der Waals surface area contributed by atoms with Gasteiger partial charge in [0.15, 0.2) is 28.8 Å². The maximum absolute atomic E-state index is 16.1. The minimum absolute atomic E-state index is 0.120. The molecule has 3 aliphatic rings. The molecule has 0 saturated heterocycles. The van der Waals surface area contributed by atoms with Crippen molar-refractivity contribution in [2.45, 2.75) is 38.8 Å². The van der Waals surface area contributed by atoms with Gasteiger partial charge in [-0.1, -0.05) is 36.4 Å². The Morgan fingerprint density at radius 3 is 1.85 bits per heavy atom. The van der Waals surface area contributed by atoms with E-state index in [0.717, 1.165) is 63.2 Å². The van der Waals surface area contributed by atoms with Gasteiger partial charge in [0.1, 0.15) is 18.5 Å². The molecule has 0 atom stereocenters. The minimum Gasteiger partial charge on any atom is -0.456 e. The van der Waals surface area contributed by atoms with Gasteiger partial charge in [0.05, 0.1) is 27.6 Å². The summed E-state index contributed by atoms with van der Waals surface area (Å²) < 4.78 is 88.2. The van der Waals surface area contributed by atoms with Crippen molar-refractivity contribution in [1.29, 1.82) is 0 Å². The van der Waals surface area contributed by atoms with Crippen LogP contribution in [0.2, 0.25) is 0 Å². The van der Waals surface area contributed by atoms with Crippen molar-refractivity contribution in [1.82, 2.24) is 4.58 Å². The van der Waals surface area contributed by atoms with E-state index < -0.39 is 45.7 Å². The first-order valence-electron chi connectivity index (χ1n) is 17.2. The van der Waals surface area contributed by atoms with Crippen molar-refractivity contribution >= 4 is 54.1 Å². The summed E-state index contributed by atoms with van der Waals surface area (Å²) in [5.74, 6) is -9.49. The molecule has 5 heterocycles. The lowest BCUT2D eigenvalue weighted by Crippen LogP contribution is -2.46. The molecule has 0 radical (unpaired) electrons. The Kier molecular flexibility index (Phi) is 6.48. The maximum atomic E-state index is 16.1. The van der Waals surface area contributed by atoms with Gasteiger partial charge < -0.3 is 9.64 Å². The number of fused-ring (bicyclic) bond motifs is 12. The van der Waals surface area contributed by atoms with Gasteiger partial charge in [-0.25, -0.2) is 26.5 Å². The molecule has 10 heteroatoms. The Morgan fingerprint density at radius 1 is 0.642 bits per heavy atom. The quantitative estimate of drug-likeness (QED) is 0.0719. The van der Waals surface area contributed by atoms with E-state index in [2.05, 4.69) is 61.4 Å². The Hall–Kier alpha value is -5.06. The van der Waals surface area contributed by atoms with Crippen LogP contribution in [0.25, 0.3) is 46.6 Å². The van der Waals surface area contributed by atoms with Crippen LogP contribution in [0.15, 0.2) is 72.8 Å². The number of thiophene rings is 2. The zero-order chi connectivity index (χ0) is 37.0. The highest BCUT2D eigenvalue weighted by Gasteiger charge is 2.43. The van der Waals surface area contributed by atoms with Crippen LogP contribution in [-0.4, -0.2) is 14.1 Å². The van der Waals surface area contributed by atoms with Crippen LogP contribution in [0.4, 0.5) is 27.6 Å². The van der Waals surface area contributed by atoms with Gasteiger partial charge >= 0.3 is 0 Å². The molecule has 0 bridgehead atoms. The lowest BCUT2D eigenvalue weighted by atomic mass is 9.81. The molecule has 7 aromatic rings. The number of rotatable bonds is 1. The first-order valence-corrected chi connectivity index (χ1v) is 18.8. The third-order valence-corrected chi connectivity index (χ3v) is 14.1. The second-order valence-corrected chi connectivity index (χ2v) is 17.1. The highest BCUT2D eigenvalue weighted by Crippen LogP contribution is 2.56. The molecule has 0 amide bonds. The van der Waals surface area contributed by atoms with Gasteiger partial charge in [0, 0.05) is 85.4 Å². The van der Waals surface area contributed by atoms with E-state index >= 15 is 17.6 Å². The Morgan fingerprint density at radius 2 is 1.21 bits per heavy atom. The standard InChI is InChI=1S/C43H30F5N2OS2/c1-42(2)33-19-11-7-9-13-29(19)52-40(33)21-15-23-27(17-25(21)49(42)5)51-28-18-26-22(16-24(28)31(23)32-35(44)37(46)39(48)38(47)36(32)45)41-34(43(3,4)50(26)6)20-12-8-10-14-30(20)53-41/h7-18H,1-6H3/q+1. The maximum Gasteiger partial charge on any atom is 0.212 e. The zero-order valence-corrected chi connectivity index (χ0v) is 31.1. The molecular formula is C43H30F5N2OS2+. The van der Waals surface area contributed by atoms with Crippen LogP contribution in [0.1, 0.15) is 49.9 Å². The second kappa shape index (κ2) is 10.5. The Balaban J connectivity index is 1.37. The lowest BCUT2D eigenvalue weighted by molar-refractivity contribution is 0.370. The molecule has 53 heavy (non-hydrogen) atoms. The molecule has 2 aromatic heterocycles. The average Bonchev–Trinajstić information content (AvgIpc) is 3.74. The normalized spacial score (nSPS) is 16.2. The van der Waals surface area contributed by atoms with E-state index in [4.69, 9.17) is 4.74 Å². The highest BCUT2D eigenvalue weighted by molar-refractivity contribution is 7.23. The van der Waals surface area contributed by atoms with Crippen LogP contribution in [0, 0.1) is 29.1 Å². The van der Waals surface area contributed by atoms with Crippen molar-refractivity contribution in [2.24, 2.45) is 0 Å². The van der Waals surface area contributed by atoms with Gasteiger partial charge in [-0.3, -0.25) is 0 Å². The molecule has 0 spiro atoms. The van der Waals surface area contributed by atoms with E-state index in [1.54, 1.807) is 34.8 Å². The third-order valence-electron chi connectivity index (χ3n) is 11.7. The third kappa shape index (κ3) is 4.05. The molecule has 0 unspecified atom stereocenters. The number of hydrogen-bond donors (Lipinski definition) is 0. The number of benzene rings is 5. The second-order valence-electron chi connectivity index (χ2n) is 15.0. The van der Waals surface area contributed by atoms with Gasteiger partial charge in [0.25, 0.3) is 0 Å². The average molecular weight is 750 g/mol. The SMILES string of the molecule is CN1c2cc3c(cc2-c2sc4ccccc4c2C1(C)C)C(c1c(F)c(F)c(F)c(F)c1F)=c1cc2c(cc1O3)=[N+](C)C(C)(C)c1c-2sc2ccccc12. The van der Waals surface area contributed by atoms with Crippen molar-refractivity contribution in [3.63, 3.8) is 0 Å². The summed E-state index contributed by atoms with van der Waals surface area (Å²) in [7, 11) is 3.98. The molecule has 0 aliphatic carbocycles. The van der Waals surface area contributed by atoms with Crippen molar-refractivity contribution in [3.8, 4) is 32.4 Å². The number of halogens is 5. The predicted molar refractivity (Wildman–Crippen MR) is 203 cm³/mol. The van der Waals surface area contributed by atoms with Crippen molar-refractivity contribution < 1.29 is 26.7 Å². The number of ether oxygens (including phenoxy) is 1. The van der Waals surface area contributed by atoms with Crippen LogP contribution in [0.3, 0.4) is 0 Å². The fourth-order valence-electron chi connectivity index (χ4n) is 8.60. The summed E-state index contributed by atoms with van der Waals surface area (Å²) >= 11 is 3.21. The van der Waals surface area contributed by atoms with Crippen molar-refractivity contribution in [2.75, 3.05) is 19.0 Å². The van der Waals surface area contributed by atoms with Gasteiger partial charge in [0.2, 0.25) is 11.2 Å². The Bertz CT molecular complexity index is 2950. The minimum atomic E-state index is -2.20. The monoisotopic (exact) mass is 749 g/mol. The fraction of sp³-hybridized carbons (Fsp3) is 0.186. The lowest BCUT2D eigenvalue weighted by Gasteiger charge is -2.43. The van der Waals surface area contributed by atoms with Crippen molar-refractivity contribution in [3.05, 3.63) is 135 Å². The number of hydrogen-bond acceptors (Lipinski definition) is 4. The van der Waals surface area contributed by atoms with Gasteiger partial charge in [-0.2, -0.15) is 0 Å². The van der Waals surface area contributed by atoms with Crippen LogP contribution in [0.5, 0.6) is 11.5 Å². The number of anilines is 1. The molecule has 0 fully saturated rings. The first kappa shape index (κ1) is 32.6. The highest BCUT2D eigenvalue weighted by atomic mass is 32.1. The largest absolute Gasteiger partial charge is 0.456 e. The topological polar surface area (TPSA) is 15.5 Å². The summed E-state index contributed by atoms with van der Waals surface area (Å²) in [6, 6.07) is 23.5.